The Balaban J connectivity index is 1.32. The molecule has 0 aliphatic carbocycles. The number of ether oxygens (including phenoxy) is 1. The highest BCUT2D eigenvalue weighted by Crippen LogP contribution is 2.37. The first-order valence-electron chi connectivity index (χ1n) is 9.90. The Bertz CT molecular complexity index is 1060. The van der Waals surface area contributed by atoms with Crippen LogP contribution in [0.3, 0.4) is 0 Å². The number of phenols is 1. The monoisotopic (exact) mass is 413 g/mol. The van der Waals surface area contributed by atoms with E-state index in [0.717, 1.165) is 19.0 Å². The van der Waals surface area contributed by atoms with Gasteiger partial charge >= 0.3 is 0 Å². The maximum atomic E-state index is 14.8. The maximum Gasteiger partial charge on any atom is 0.233 e. The van der Waals surface area contributed by atoms with Crippen LogP contribution in [0.15, 0.2) is 42.7 Å². The molecule has 1 N–H and O–H groups in total. The lowest BCUT2D eigenvalue weighted by Crippen LogP contribution is -2.52. The zero-order valence-electron chi connectivity index (χ0n) is 16.3. The van der Waals surface area contributed by atoms with Crippen molar-refractivity contribution in [3.63, 3.8) is 0 Å². The van der Waals surface area contributed by atoms with E-state index in [2.05, 4.69) is 20.2 Å². The zero-order chi connectivity index (χ0) is 20.8. The van der Waals surface area contributed by atoms with Gasteiger partial charge in [-0.2, -0.15) is 5.10 Å². The van der Waals surface area contributed by atoms with Crippen molar-refractivity contribution in [2.75, 3.05) is 7.05 Å². The number of alkyl halides is 1. The Kier molecular flexibility index (Phi) is 4.62. The smallest absolute Gasteiger partial charge is 0.233 e. The SMILES string of the molecule is CN1C2CCC1[C@@H](F)[C@@H](Oc1ccc(-c3ccc(-n4cc(F)cn4)cc3O)nn1)C2. The highest BCUT2D eigenvalue weighted by Gasteiger charge is 2.47. The number of rotatable bonds is 4. The zero-order valence-corrected chi connectivity index (χ0v) is 16.3. The Morgan fingerprint density at radius 3 is 2.73 bits per heavy atom. The minimum atomic E-state index is -1.06. The van der Waals surface area contributed by atoms with Crippen LogP contribution in [0.2, 0.25) is 0 Å². The Labute approximate surface area is 171 Å². The third-order valence-electron chi connectivity index (χ3n) is 6.11. The van der Waals surface area contributed by atoms with Gasteiger partial charge in [-0.15, -0.1) is 10.2 Å². The summed E-state index contributed by atoms with van der Waals surface area (Å²) in [5.41, 5.74) is 1.42. The van der Waals surface area contributed by atoms with E-state index in [9.17, 15) is 13.9 Å². The van der Waals surface area contributed by atoms with E-state index >= 15 is 0 Å². The maximum absolute atomic E-state index is 14.8. The highest BCUT2D eigenvalue weighted by molar-refractivity contribution is 5.68. The Morgan fingerprint density at radius 2 is 2.03 bits per heavy atom. The second-order valence-corrected chi connectivity index (χ2v) is 7.86. The van der Waals surface area contributed by atoms with Gasteiger partial charge in [0.05, 0.1) is 23.8 Å². The quantitative estimate of drug-likeness (QED) is 0.708. The van der Waals surface area contributed by atoms with Gasteiger partial charge in [0.25, 0.3) is 0 Å². The van der Waals surface area contributed by atoms with Crippen LogP contribution in [-0.2, 0) is 0 Å². The number of aromatic nitrogens is 4. The van der Waals surface area contributed by atoms with Crippen LogP contribution in [0.5, 0.6) is 11.6 Å². The number of nitrogens with zero attached hydrogens (tertiary/aromatic N) is 5. The molecule has 156 valence electrons. The molecule has 4 heterocycles. The summed E-state index contributed by atoms with van der Waals surface area (Å²) in [6.07, 6.45) is 3.20. The second kappa shape index (κ2) is 7.32. The summed E-state index contributed by atoms with van der Waals surface area (Å²) < 4.78 is 35.1. The van der Waals surface area contributed by atoms with Crippen molar-refractivity contribution in [3.05, 3.63) is 48.5 Å². The fourth-order valence-electron chi connectivity index (χ4n) is 4.47. The van der Waals surface area contributed by atoms with Gasteiger partial charge in [0.1, 0.15) is 11.9 Å². The average Bonchev–Trinajstić information content (AvgIpc) is 3.28. The number of hydrogen-bond donors (Lipinski definition) is 1. The lowest BCUT2D eigenvalue weighted by molar-refractivity contribution is -0.0134. The van der Waals surface area contributed by atoms with Gasteiger partial charge in [0, 0.05) is 36.2 Å². The normalized spacial score (nSPS) is 26.1. The van der Waals surface area contributed by atoms with Crippen molar-refractivity contribution < 1.29 is 18.6 Å². The first kappa shape index (κ1) is 18.9. The highest BCUT2D eigenvalue weighted by atomic mass is 19.1. The molecule has 2 aromatic heterocycles. The number of benzene rings is 1. The number of fused-ring (bicyclic) bond motifs is 2. The van der Waals surface area contributed by atoms with Gasteiger partial charge in [0.2, 0.25) is 5.88 Å². The molecule has 2 unspecified atom stereocenters. The first-order chi connectivity index (χ1) is 14.5. The van der Waals surface area contributed by atoms with E-state index in [4.69, 9.17) is 4.74 Å². The van der Waals surface area contributed by atoms with Gasteiger partial charge in [0.15, 0.2) is 12.0 Å². The topological polar surface area (TPSA) is 76.3 Å². The van der Waals surface area contributed by atoms with E-state index in [-0.39, 0.29) is 17.7 Å². The summed E-state index contributed by atoms with van der Waals surface area (Å²) in [4.78, 5) is 2.11. The first-order valence-corrected chi connectivity index (χ1v) is 9.90. The number of aromatic hydroxyl groups is 1. The molecule has 5 rings (SSSR count). The summed E-state index contributed by atoms with van der Waals surface area (Å²) >= 11 is 0. The predicted molar refractivity (Wildman–Crippen MR) is 105 cm³/mol. The lowest BCUT2D eigenvalue weighted by atomic mass is 9.98. The summed E-state index contributed by atoms with van der Waals surface area (Å²) in [6.45, 7) is 0. The van der Waals surface area contributed by atoms with E-state index in [1.165, 1.54) is 16.9 Å². The molecule has 1 aromatic carbocycles. The number of hydrogen-bond acceptors (Lipinski definition) is 6. The third kappa shape index (κ3) is 3.28. The van der Waals surface area contributed by atoms with Crippen LogP contribution >= 0.6 is 0 Å². The molecular weight excluding hydrogens is 392 g/mol. The van der Waals surface area contributed by atoms with Crippen molar-refractivity contribution >= 4 is 0 Å². The fraction of sp³-hybridized carbons (Fsp3) is 0.381. The van der Waals surface area contributed by atoms with E-state index < -0.39 is 18.1 Å². The standard InChI is InChI=1S/C21H21F2N5O2/c1-27-13-3-6-17(27)21(23)19(9-13)30-20-7-5-16(25-26-20)15-4-2-14(8-18(15)29)28-11-12(22)10-24-28/h2,4-5,7-8,10-11,13,17,19,21,29H,3,6,9H2,1H3/t13?,17?,19-,21+/m0/s1. The van der Waals surface area contributed by atoms with Crippen LogP contribution in [0.25, 0.3) is 16.9 Å². The van der Waals surface area contributed by atoms with Crippen molar-refractivity contribution in [3.8, 4) is 28.6 Å². The molecule has 0 saturated carbocycles. The molecule has 30 heavy (non-hydrogen) atoms. The molecule has 0 radical (unpaired) electrons. The minimum Gasteiger partial charge on any atom is -0.507 e. The molecule has 2 bridgehead atoms. The summed E-state index contributed by atoms with van der Waals surface area (Å²) in [7, 11) is 1.97. The molecule has 2 aliphatic heterocycles. The predicted octanol–water partition coefficient (Wildman–Crippen LogP) is 3.13. The number of piperidine rings is 1. The Hall–Kier alpha value is -3.07. The molecular formula is C21H21F2N5O2. The number of halogens is 2. The third-order valence-corrected chi connectivity index (χ3v) is 6.11. The Morgan fingerprint density at radius 1 is 1.17 bits per heavy atom. The van der Waals surface area contributed by atoms with Crippen molar-refractivity contribution in [1.82, 2.24) is 24.9 Å². The van der Waals surface area contributed by atoms with E-state index in [1.807, 2.05) is 7.05 Å². The molecule has 2 saturated heterocycles. The molecule has 7 nitrogen and oxygen atoms in total. The molecule has 3 aromatic rings. The van der Waals surface area contributed by atoms with E-state index in [1.54, 1.807) is 24.3 Å². The largest absolute Gasteiger partial charge is 0.507 e. The van der Waals surface area contributed by atoms with Crippen LogP contribution in [0.1, 0.15) is 19.3 Å². The number of phenolic OH excluding ortho intramolecular Hbond substituents is 1. The second-order valence-electron chi connectivity index (χ2n) is 7.86. The van der Waals surface area contributed by atoms with Crippen molar-refractivity contribution in [2.45, 2.75) is 43.6 Å². The minimum absolute atomic E-state index is 0.0397. The van der Waals surface area contributed by atoms with Gasteiger partial charge < -0.3 is 9.84 Å². The average molecular weight is 413 g/mol. The molecule has 0 amide bonds. The molecule has 2 fully saturated rings. The van der Waals surface area contributed by atoms with Crippen molar-refractivity contribution in [2.24, 2.45) is 0 Å². The molecule has 9 heteroatoms. The van der Waals surface area contributed by atoms with Crippen LogP contribution in [0.4, 0.5) is 8.78 Å². The summed E-state index contributed by atoms with van der Waals surface area (Å²) in [5, 5.41) is 22.4. The van der Waals surface area contributed by atoms with Crippen LogP contribution in [-0.4, -0.2) is 61.4 Å². The lowest BCUT2D eigenvalue weighted by Gasteiger charge is -2.38. The molecule has 2 aliphatic rings. The van der Waals surface area contributed by atoms with Gasteiger partial charge in [-0.05, 0) is 38.1 Å². The molecule has 4 atom stereocenters. The van der Waals surface area contributed by atoms with Gasteiger partial charge in [-0.3, -0.25) is 4.90 Å². The van der Waals surface area contributed by atoms with Gasteiger partial charge in [-0.25, -0.2) is 13.5 Å². The summed E-state index contributed by atoms with van der Waals surface area (Å²) in [5.74, 6) is -0.242. The molecule has 0 spiro atoms. The van der Waals surface area contributed by atoms with Gasteiger partial charge in [-0.1, -0.05) is 0 Å². The van der Waals surface area contributed by atoms with Crippen LogP contribution < -0.4 is 4.74 Å². The summed E-state index contributed by atoms with van der Waals surface area (Å²) in [6, 6.07) is 8.36. The van der Waals surface area contributed by atoms with Crippen LogP contribution in [0, 0.1) is 5.82 Å². The van der Waals surface area contributed by atoms with Crippen molar-refractivity contribution in [1.29, 1.82) is 0 Å². The fourth-order valence-corrected chi connectivity index (χ4v) is 4.47. The van der Waals surface area contributed by atoms with E-state index in [0.29, 0.717) is 29.4 Å².